The van der Waals surface area contributed by atoms with Gasteiger partial charge in [0.15, 0.2) is 5.69 Å². The first kappa shape index (κ1) is 12.1. The van der Waals surface area contributed by atoms with Gasteiger partial charge in [0.05, 0.1) is 0 Å². The highest BCUT2D eigenvalue weighted by Crippen LogP contribution is 2.22. The van der Waals surface area contributed by atoms with Crippen molar-refractivity contribution in [1.29, 1.82) is 0 Å². The molecule has 0 aromatic carbocycles. The van der Waals surface area contributed by atoms with Crippen molar-refractivity contribution in [3.8, 4) is 0 Å². The van der Waals surface area contributed by atoms with Crippen molar-refractivity contribution in [2.24, 2.45) is 5.92 Å². The molecular formula is C12H19N3O2. The molecule has 1 aromatic heterocycles. The van der Waals surface area contributed by atoms with Crippen molar-refractivity contribution in [3.05, 3.63) is 17.0 Å². The van der Waals surface area contributed by atoms with Gasteiger partial charge in [-0.1, -0.05) is 6.92 Å². The van der Waals surface area contributed by atoms with Crippen LogP contribution in [0.3, 0.4) is 0 Å². The number of aromatic nitrogens is 2. The Hall–Kier alpha value is -1.36. The number of aliphatic hydroxyl groups is 1. The summed E-state index contributed by atoms with van der Waals surface area (Å²) in [4.78, 5) is 12.0. The van der Waals surface area contributed by atoms with E-state index in [1.165, 1.54) is 0 Å². The number of carbonyl (C=O) groups excluding carboxylic acids is 1. The normalized spacial score (nSPS) is 17.6. The molecule has 2 rings (SSSR count). The number of aliphatic hydroxyl groups excluding tert-OH is 1. The number of hydrogen-bond donors (Lipinski definition) is 3. The molecule has 17 heavy (non-hydrogen) atoms. The van der Waals surface area contributed by atoms with E-state index in [1.54, 1.807) is 0 Å². The monoisotopic (exact) mass is 237 g/mol. The van der Waals surface area contributed by atoms with Crippen LogP contribution in [0.15, 0.2) is 0 Å². The van der Waals surface area contributed by atoms with Crippen LogP contribution in [0.2, 0.25) is 0 Å². The summed E-state index contributed by atoms with van der Waals surface area (Å²) in [5, 5.41) is 18.9. The number of H-pyrrole nitrogens is 1. The second-order valence-electron chi connectivity index (χ2n) is 4.80. The molecule has 0 aliphatic heterocycles. The number of nitrogens with zero attached hydrogens (tertiary/aromatic N) is 1. The van der Waals surface area contributed by atoms with E-state index in [0.29, 0.717) is 5.69 Å². The minimum absolute atomic E-state index is 0.0472. The SMILES string of the molecule is CC(CO)C(C)NC(=O)c1n[nH]c2c1CCC2. The number of fused-ring (bicyclic) bond motifs is 1. The lowest BCUT2D eigenvalue weighted by molar-refractivity contribution is 0.0910. The Balaban J connectivity index is 2.05. The van der Waals surface area contributed by atoms with Crippen molar-refractivity contribution >= 4 is 5.91 Å². The van der Waals surface area contributed by atoms with Crippen LogP contribution in [-0.4, -0.2) is 33.9 Å². The average molecular weight is 237 g/mol. The highest BCUT2D eigenvalue weighted by Gasteiger charge is 2.24. The Kier molecular flexibility index (Phi) is 3.47. The maximum absolute atomic E-state index is 12.0. The molecule has 2 atom stereocenters. The number of carbonyl (C=O) groups is 1. The second kappa shape index (κ2) is 4.87. The molecule has 0 saturated carbocycles. The van der Waals surface area contributed by atoms with Gasteiger partial charge in [0.25, 0.3) is 5.91 Å². The van der Waals surface area contributed by atoms with E-state index in [1.807, 2.05) is 13.8 Å². The van der Waals surface area contributed by atoms with Gasteiger partial charge in [0.2, 0.25) is 0 Å². The molecule has 1 amide bonds. The second-order valence-corrected chi connectivity index (χ2v) is 4.80. The van der Waals surface area contributed by atoms with Crippen molar-refractivity contribution in [3.63, 3.8) is 0 Å². The molecule has 94 valence electrons. The van der Waals surface area contributed by atoms with E-state index >= 15 is 0 Å². The first-order valence-electron chi connectivity index (χ1n) is 6.11. The topological polar surface area (TPSA) is 78.0 Å². The van der Waals surface area contributed by atoms with Crippen molar-refractivity contribution in [2.75, 3.05) is 6.61 Å². The number of amides is 1. The zero-order valence-electron chi connectivity index (χ0n) is 10.3. The fraction of sp³-hybridized carbons (Fsp3) is 0.667. The molecule has 3 N–H and O–H groups in total. The Morgan fingerprint density at radius 2 is 2.29 bits per heavy atom. The van der Waals surface area contributed by atoms with Crippen molar-refractivity contribution in [2.45, 2.75) is 39.2 Å². The highest BCUT2D eigenvalue weighted by molar-refractivity contribution is 5.94. The Morgan fingerprint density at radius 1 is 1.53 bits per heavy atom. The first-order valence-corrected chi connectivity index (χ1v) is 6.11. The standard InChI is InChI=1S/C12H19N3O2/c1-7(6-16)8(2)13-12(17)11-9-4-3-5-10(9)14-15-11/h7-8,16H,3-6H2,1-2H3,(H,13,17)(H,14,15). The summed E-state index contributed by atoms with van der Waals surface area (Å²) in [7, 11) is 0. The van der Waals surface area contributed by atoms with Crippen LogP contribution in [0.5, 0.6) is 0 Å². The van der Waals surface area contributed by atoms with E-state index in [4.69, 9.17) is 5.11 Å². The van der Waals surface area contributed by atoms with Crippen LogP contribution >= 0.6 is 0 Å². The lowest BCUT2D eigenvalue weighted by Gasteiger charge is -2.18. The summed E-state index contributed by atoms with van der Waals surface area (Å²) in [5.74, 6) is -0.0943. The summed E-state index contributed by atoms with van der Waals surface area (Å²) in [5.41, 5.74) is 2.68. The molecule has 0 radical (unpaired) electrons. The average Bonchev–Trinajstić information content (AvgIpc) is 2.88. The minimum atomic E-state index is -0.141. The number of nitrogens with one attached hydrogen (secondary N) is 2. The van der Waals surface area contributed by atoms with Gasteiger partial charge in [0.1, 0.15) is 0 Å². The lowest BCUT2D eigenvalue weighted by atomic mass is 10.0. The van der Waals surface area contributed by atoms with Gasteiger partial charge < -0.3 is 10.4 Å². The van der Waals surface area contributed by atoms with E-state index in [0.717, 1.165) is 30.5 Å². The van der Waals surface area contributed by atoms with Gasteiger partial charge >= 0.3 is 0 Å². The number of aryl methyl sites for hydroxylation is 1. The fourth-order valence-corrected chi connectivity index (χ4v) is 2.08. The molecular weight excluding hydrogens is 218 g/mol. The molecule has 0 fully saturated rings. The van der Waals surface area contributed by atoms with Crippen LogP contribution < -0.4 is 5.32 Å². The molecule has 1 aliphatic carbocycles. The zero-order chi connectivity index (χ0) is 12.4. The molecule has 5 heteroatoms. The van der Waals surface area contributed by atoms with Crippen LogP contribution in [-0.2, 0) is 12.8 Å². The molecule has 0 saturated heterocycles. The molecule has 0 spiro atoms. The maximum Gasteiger partial charge on any atom is 0.272 e. The van der Waals surface area contributed by atoms with Gasteiger partial charge in [-0.15, -0.1) is 0 Å². The van der Waals surface area contributed by atoms with E-state index in [-0.39, 0.29) is 24.5 Å². The Labute approximate surface area is 101 Å². The maximum atomic E-state index is 12.0. The fourth-order valence-electron chi connectivity index (χ4n) is 2.08. The molecule has 2 unspecified atom stereocenters. The Bertz CT molecular complexity index is 414. The minimum Gasteiger partial charge on any atom is -0.396 e. The predicted octanol–water partition coefficient (Wildman–Crippen LogP) is 0.645. The molecule has 1 heterocycles. The van der Waals surface area contributed by atoms with Gasteiger partial charge in [0, 0.05) is 23.9 Å². The summed E-state index contributed by atoms with van der Waals surface area (Å²) in [6, 6.07) is -0.0544. The third-order valence-corrected chi connectivity index (χ3v) is 3.52. The summed E-state index contributed by atoms with van der Waals surface area (Å²) in [6.45, 7) is 3.87. The third kappa shape index (κ3) is 2.34. The van der Waals surface area contributed by atoms with Gasteiger partial charge in [-0.3, -0.25) is 9.89 Å². The largest absolute Gasteiger partial charge is 0.396 e. The number of rotatable bonds is 4. The van der Waals surface area contributed by atoms with Gasteiger partial charge in [-0.25, -0.2) is 0 Å². The van der Waals surface area contributed by atoms with Crippen molar-refractivity contribution in [1.82, 2.24) is 15.5 Å². The summed E-state index contributed by atoms with van der Waals surface area (Å²) >= 11 is 0. The quantitative estimate of drug-likeness (QED) is 0.719. The molecule has 1 aromatic rings. The summed E-state index contributed by atoms with van der Waals surface area (Å²) < 4.78 is 0. The molecule has 0 bridgehead atoms. The molecule has 1 aliphatic rings. The van der Waals surface area contributed by atoms with Gasteiger partial charge in [-0.05, 0) is 32.1 Å². The summed E-state index contributed by atoms with van der Waals surface area (Å²) in [6.07, 6.45) is 3.00. The van der Waals surface area contributed by atoms with Crippen LogP contribution in [0.25, 0.3) is 0 Å². The van der Waals surface area contributed by atoms with Crippen LogP contribution in [0.1, 0.15) is 42.0 Å². The first-order chi connectivity index (χ1) is 8.13. The molecule has 5 nitrogen and oxygen atoms in total. The van der Waals surface area contributed by atoms with E-state index in [9.17, 15) is 4.79 Å². The smallest absolute Gasteiger partial charge is 0.272 e. The van der Waals surface area contributed by atoms with E-state index < -0.39 is 0 Å². The third-order valence-electron chi connectivity index (χ3n) is 3.52. The highest BCUT2D eigenvalue weighted by atomic mass is 16.3. The lowest BCUT2D eigenvalue weighted by Crippen LogP contribution is -2.38. The zero-order valence-corrected chi connectivity index (χ0v) is 10.3. The number of aromatic amines is 1. The van der Waals surface area contributed by atoms with E-state index in [2.05, 4.69) is 15.5 Å². The predicted molar refractivity (Wildman–Crippen MR) is 63.8 cm³/mol. The van der Waals surface area contributed by atoms with Crippen LogP contribution in [0.4, 0.5) is 0 Å². The number of hydrogen-bond acceptors (Lipinski definition) is 3. The van der Waals surface area contributed by atoms with Crippen LogP contribution in [0, 0.1) is 5.92 Å². The van der Waals surface area contributed by atoms with Gasteiger partial charge in [-0.2, -0.15) is 5.10 Å². The van der Waals surface area contributed by atoms with Crippen molar-refractivity contribution < 1.29 is 9.90 Å². The Morgan fingerprint density at radius 3 is 3.00 bits per heavy atom.